The lowest BCUT2D eigenvalue weighted by Crippen LogP contribution is -2.41. The van der Waals surface area contributed by atoms with Gasteiger partial charge in [0.1, 0.15) is 5.76 Å². The van der Waals surface area contributed by atoms with Crippen LogP contribution >= 0.6 is 0 Å². The molecule has 0 aliphatic heterocycles. The van der Waals surface area contributed by atoms with Crippen molar-refractivity contribution in [3.63, 3.8) is 0 Å². The molecular formula is C23H34N4O3S. The molecular weight excluding hydrogens is 412 g/mol. The first kappa shape index (κ1) is 23.3. The zero-order valence-corrected chi connectivity index (χ0v) is 19.2. The molecule has 0 atom stereocenters. The predicted octanol–water partition coefficient (Wildman–Crippen LogP) is 3.42. The third-order valence-corrected chi connectivity index (χ3v) is 6.86. The molecule has 1 aliphatic carbocycles. The molecule has 1 saturated carbocycles. The summed E-state index contributed by atoms with van der Waals surface area (Å²) < 4.78 is 28.2. The van der Waals surface area contributed by atoms with Crippen LogP contribution in [-0.2, 0) is 23.0 Å². The second-order valence-electron chi connectivity index (χ2n) is 9.10. The van der Waals surface area contributed by atoms with Gasteiger partial charge in [0.15, 0.2) is 5.96 Å². The summed E-state index contributed by atoms with van der Waals surface area (Å²) in [5.74, 6) is 2.34. The van der Waals surface area contributed by atoms with Crippen LogP contribution in [0.15, 0.2) is 57.0 Å². The summed E-state index contributed by atoms with van der Waals surface area (Å²) in [5, 5.41) is 12.0. The maximum absolute atomic E-state index is 11.4. The Balaban J connectivity index is 1.58. The molecule has 7 nitrogen and oxygen atoms in total. The third kappa shape index (κ3) is 7.70. The SMILES string of the molecule is CC1(C)CCC(CNC(=NCc2ccc(S(N)(=O)=O)cc2)NCCc2ccco2)CC1. The Hall–Kier alpha value is -2.32. The molecule has 1 heterocycles. The monoisotopic (exact) mass is 446 g/mol. The van der Waals surface area contributed by atoms with Crippen LogP contribution in [0.4, 0.5) is 0 Å². The number of guanidine groups is 1. The third-order valence-electron chi connectivity index (χ3n) is 5.93. The molecule has 1 fully saturated rings. The van der Waals surface area contributed by atoms with Crippen molar-refractivity contribution in [3.8, 4) is 0 Å². The molecule has 31 heavy (non-hydrogen) atoms. The fourth-order valence-corrected chi connectivity index (χ4v) is 4.31. The van der Waals surface area contributed by atoms with E-state index in [9.17, 15) is 8.42 Å². The zero-order chi connectivity index (χ0) is 22.3. The van der Waals surface area contributed by atoms with Crippen LogP contribution in [0.5, 0.6) is 0 Å². The van der Waals surface area contributed by atoms with Crippen molar-refractivity contribution in [2.45, 2.75) is 57.4 Å². The van der Waals surface area contributed by atoms with E-state index in [1.54, 1.807) is 18.4 Å². The number of aliphatic imine (C=N–C) groups is 1. The second kappa shape index (κ2) is 10.3. The number of nitrogens with two attached hydrogens (primary N) is 1. The van der Waals surface area contributed by atoms with Gasteiger partial charge >= 0.3 is 0 Å². The van der Waals surface area contributed by atoms with Gasteiger partial charge in [0.2, 0.25) is 10.0 Å². The lowest BCUT2D eigenvalue weighted by molar-refractivity contribution is 0.192. The van der Waals surface area contributed by atoms with Crippen molar-refractivity contribution in [3.05, 3.63) is 54.0 Å². The van der Waals surface area contributed by atoms with E-state index in [1.165, 1.54) is 37.8 Å². The molecule has 2 aromatic rings. The largest absolute Gasteiger partial charge is 0.469 e. The van der Waals surface area contributed by atoms with Crippen LogP contribution in [0.25, 0.3) is 0 Å². The molecule has 0 radical (unpaired) electrons. The molecule has 0 saturated heterocycles. The molecule has 0 unspecified atom stereocenters. The van der Waals surface area contributed by atoms with Crippen molar-refractivity contribution >= 4 is 16.0 Å². The van der Waals surface area contributed by atoms with Gasteiger partial charge in [-0.1, -0.05) is 26.0 Å². The first-order chi connectivity index (χ1) is 14.7. The topological polar surface area (TPSA) is 110 Å². The van der Waals surface area contributed by atoms with Crippen molar-refractivity contribution in [2.75, 3.05) is 13.1 Å². The molecule has 0 amide bonds. The van der Waals surface area contributed by atoms with Crippen LogP contribution in [-0.4, -0.2) is 27.5 Å². The Morgan fingerprint density at radius 3 is 2.48 bits per heavy atom. The van der Waals surface area contributed by atoms with E-state index in [1.807, 2.05) is 12.1 Å². The summed E-state index contributed by atoms with van der Waals surface area (Å²) >= 11 is 0. The normalized spacial score (nSPS) is 17.5. The standard InChI is InChI=1S/C23H34N4O3S/c1-23(2)12-9-19(10-13-23)17-27-22(25-14-11-20-4-3-15-30-20)26-16-18-5-7-21(8-6-18)31(24,28)29/h3-8,15,19H,9-14,16-17H2,1-2H3,(H2,24,28,29)(H2,25,26,27). The highest BCUT2D eigenvalue weighted by atomic mass is 32.2. The predicted molar refractivity (Wildman–Crippen MR) is 123 cm³/mol. The summed E-state index contributed by atoms with van der Waals surface area (Å²) in [5.41, 5.74) is 1.37. The molecule has 1 aliphatic rings. The smallest absolute Gasteiger partial charge is 0.238 e. The van der Waals surface area contributed by atoms with Gasteiger partial charge in [-0.15, -0.1) is 0 Å². The average Bonchev–Trinajstić information content (AvgIpc) is 3.23. The van der Waals surface area contributed by atoms with E-state index in [0.717, 1.165) is 30.2 Å². The molecule has 8 heteroatoms. The first-order valence-electron chi connectivity index (χ1n) is 10.9. The minimum Gasteiger partial charge on any atom is -0.469 e. The highest BCUT2D eigenvalue weighted by Gasteiger charge is 2.26. The van der Waals surface area contributed by atoms with E-state index in [-0.39, 0.29) is 4.90 Å². The maximum Gasteiger partial charge on any atom is 0.238 e. The van der Waals surface area contributed by atoms with Gasteiger partial charge in [0.05, 0.1) is 17.7 Å². The van der Waals surface area contributed by atoms with E-state index >= 15 is 0 Å². The van der Waals surface area contributed by atoms with E-state index in [0.29, 0.717) is 24.4 Å². The number of benzene rings is 1. The maximum atomic E-state index is 11.4. The molecule has 0 bridgehead atoms. The van der Waals surface area contributed by atoms with Crippen molar-refractivity contribution in [1.29, 1.82) is 0 Å². The van der Waals surface area contributed by atoms with Crippen LogP contribution in [0, 0.1) is 11.3 Å². The van der Waals surface area contributed by atoms with Crippen molar-refractivity contribution < 1.29 is 12.8 Å². The summed E-state index contributed by atoms with van der Waals surface area (Å²) in [7, 11) is -3.68. The fraction of sp³-hybridized carbons (Fsp3) is 0.522. The highest BCUT2D eigenvalue weighted by molar-refractivity contribution is 7.89. The number of primary sulfonamides is 1. The summed E-state index contributed by atoms with van der Waals surface area (Å²) in [4.78, 5) is 4.81. The summed E-state index contributed by atoms with van der Waals surface area (Å²) in [6.07, 6.45) is 7.43. The van der Waals surface area contributed by atoms with Gasteiger partial charge in [-0.05, 0) is 66.8 Å². The van der Waals surface area contributed by atoms with Gasteiger partial charge in [-0.2, -0.15) is 0 Å². The van der Waals surface area contributed by atoms with E-state index in [2.05, 4.69) is 24.5 Å². The Labute approximate surface area is 185 Å². The molecule has 1 aromatic carbocycles. The summed E-state index contributed by atoms with van der Waals surface area (Å²) in [6.45, 7) is 6.74. The van der Waals surface area contributed by atoms with Crippen LogP contribution in [0.2, 0.25) is 0 Å². The number of hydrogen-bond donors (Lipinski definition) is 3. The molecule has 0 spiro atoms. The van der Waals surface area contributed by atoms with Gasteiger partial charge < -0.3 is 15.1 Å². The number of rotatable bonds is 8. The fourth-order valence-electron chi connectivity index (χ4n) is 3.79. The molecule has 3 rings (SSSR count). The zero-order valence-electron chi connectivity index (χ0n) is 18.4. The van der Waals surface area contributed by atoms with Crippen LogP contribution in [0.3, 0.4) is 0 Å². The number of sulfonamides is 1. The van der Waals surface area contributed by atoms with E-state index < -0.39 is 10.0 Å². The average molecular weight is 447 g/mol. The van der Waals surface area contributed by atoms with Crippen molar-refractivity contribution in [1.82, 2.24) is 10.6 Å². The number of nitrogens with zero attached hydrogens (tertiary/aromatic N) is 1. The van der Waals surface area contributed by atoms with Gasteiger partial charge in [-0.3, -0.25) is 0 Å². The first-order valence-corrected chi connectivity index (χ1v) is 12.4. The second-order valence-corrected chi connectivity index (χ2v) is 10.7. The van der Waals surface area contributed by atoms with Gasteiger partial charge in [0, 0.05) is 19.5 Å². The molecule has 4 N–H and O–H groups in total. The lowest BCUT2D eigenvalue weighted by Gasteiger charge is -2.34. The number of nitrogens with one attached hydrogen (secondary N) is 2. The lowest BCUT2D eigenvalue weighted by atomic mass is 9.73. The van der Waals surface area contributed by atoms with Crippen molar-refractivity contribution in [2.24, 2.45) is 21.5 Å². The number of furan rings is 1. The van der Waals surface area contributed by atoms with Crippen LogP contribution in [0.1, 0.15) is 50.9 Å². The van der Waals surface area contributed by atoms with Gasteiger partial charge in [-0.25, -0.2) is 18.5 Å². The number of hydrogen-bond acceptors (Lipinski definition) is 4. The minimum absolute atomic E-state index is 0.107. The van der Waals surface area contributed by atoms with Crippen LogP contribution < -0.4 is 15.8 Å². The Morgan fingerprint density at radius 1 is 1.16 bits per heavy atom. The highest BCUT2D eigenvalue weighted by Crippen LogP contribution is 2.37. The molecule has 1 aromatic heterocycles. The van der Waals surface area contributed by atoms with Gasteiger partial charge in [0.25, 0.3) is 0 Å². The molecule has 170 valence electrons. The Bertz CT molecular complexity index is 941. The van der Waals surface area contributed by atoms with E-state index in [4.69, 9.17) is 14.5 Å². The Morgan fingerprint density at radius 2 is 1.87 bits per heavy atom. The quantitative estimate of drug-likeness (QED) is 0.425. The Kier molecular flexibility index (Phi) is 7.78. The minimum atomic E-state index is -3.68. The summed E-state index contributed by atoms with van der Waals surface area (Å²) in [6, 6.07) is 10.4.